The average Bonchev–Trinajstić information content (AvgIpc) is 2.26. The molecule has 0 amide bonds. The molecule has 1 rings (SSSR count). The van der Waals surface area contributed by atoms with Crippen molar-refractivity contribution in [3.63, 3.8) is 0 Å². The highest BCUT2D eigenvalue weighted by molar-refractivity contribution is 5.26. The van der Waals surface area contributed by atoms with E-state index in [1.54, 1.807) is 24.3 Å². The molecule has 4 N–H and O–H groups in total. The summed E-state index contributed by atoms with van der Waals surface area (Å²) in [5.74, 6) is 0.662. The van der Waals surface area contributed by atoms with Gasteiger partial charge in [-0.25, -0.2) is 0 Å². The third kappa shape index (κ3) is 3.33. The van der Waals surface area contributed by atoms with Gasteiger partial charge in [-0.15, -0.1) is 0 Å². The molecule has 1 atom stereocenters. The van der Waals surface area contributed by atoms with Crippen LogP contribution in [0.3, 0.4) is 0 Å². The molecule has 14 heavy (non-hydrogen) atoms. The van der Waals surface area contributed by atoms with Crippen molar-refractivity contribution in [3.05, 3.63) is 29.8 Å². The number of rotatable bonds is 5. The summed E-state index contributed by atoms with van der Waals surface area (Å²) in [5, 5.41) is 17.9. The van der Waals surface area contributed by atoms with Crippen LogP contribution in [0.5, 0.6) is 5.75 Å². The fourth-order valence-electron chi connectivity index (χ4n) is 0.952. The Labute approximate surface area is 82.9 Å². The van der Waals surface area contributed by atoms with Crippen LogP contribution in [0.25, 0.3) is 0 Å². The van der Waals surface area contributed by atoms with E-state index in [4.69, 9.17) is 20.7 Å². The van der Waals surface area contributed by atoms with Crippen LogP contribution < -0.4 is 10.5 Å². The Kier molecular flexibility index (Phi) is 4.39. The van der Waals surface area contributed by atoms with E-state index >= 15 is 0 Å². The van der Waals surface area contributed by atoms with Crippen LogP contribution in [0, 0.1) is 0 Å². The number of hydrogen-bond donors (Lipinski definition) is 3. The van der Waals surface area contributed by atoms with Crippen molar-refractivity contribution < 1.29 is 14.9 Å². The Balaban J connectivity index is 2.43. The van der Waals surface area contributed by atoms with Crippen molar-refractivity contribution in [2.45, 2.75) is 12.7 Å². The molecule has 0 aliphatic heterocycles. The minimum atomic E-state index is -0.632. The zero-order valence-corrected chi connectivity index (χ0v) is 7.89. The second-order valence-electron chi connectivity index (χ2n) is 3.00. The van der Waals surface area contributed by atoms with Crippen molar-refractivity contribution in [1.29, 1.82) is 0 Å². The van der Waals surface area contributed by atoms with Crippen molar-refractivity contribution in [3.8, 4) is 5.75 Å². The first-order chi connectivity index (χ1) is 6.76. The smallest absolute Gasteiger partial charge is 0.119 e. The van der Waals surface area contributed by atoms with Crippen LogP contribution in [-0.2, 0) is 6.61 Å². The van der Waals surface area contributed by atoms with Crippen LogP contribution >= 0.6 is 0 Å². The van der Waals surface area contributed by atoms with Gasteiger partial charge >= 0.3 is 0 Å². The maximum absolute atomic E-state index is 9.13. The van der Waals surface area contributed by atoms with Crippen LogP contribution in [0.15, 0.2) is 24.3 Å². The van der Waals surface area contributed by atoms with E-state index in [9.17, 15) is 0 Å². The molecule has 1 aromatic carbocycles. The Morgan fingerprint density at radius 1 is 1.29 bits per heavy atom. The molecule has 0 saturated carbocycles. The minimum absolute atomic E-state index is 0.0195. The lowest BCUT2D eigenvalue weighted by Gasteiger charge is -2.10. The summed E-state index contributed by atoms with van der Waals surface area (Å²) < 4.78 is 5.25. The number of benzene rings is 1. The van der Waals surface area contributed by atoms with Crippen molar-refractivity contribution in [2.24, 2.45) is 5.73 Å². The van der Waals surface area contributed by atoms with E-state index < -0.39 is 6.10 Å². The normalized spacial score (nSPS) is 12.5. The van der Waals surface area contributed by atoms with Gasteiger partial charge in [0.15, 0.2) is 0 Å². The minimum Gasteiger partial charge on any atom is -0.491 e. The molecule has 0 bridgehead atoms. The SMILES string of the molecule is NCC(O)COc1ccc(CO)cc1. The molecule has 1 aromatic rings. The van der Waals surface area contributed by atoms with E-state index in [0.717, 1.165) is 5.56 Å². The fraction of sp³-hybridized carbons (Fsp3) is 0.400. The summed E-state index contributed by atoms with van der Waals surface area (Å²) in [4.78, 5) is 0. The summed E-state index contributed by atoms with van der Waals surface area (Å²) >= 11 is 0. The van der Waals surface area contributed by atoms with Crippen LogP contribution in [0.4, 0.5) is 0 Å². The second-order valence-corrected chi connectivity index (χ2v) is 3.00. The number of ether oxygens (including phenoxy) is 1. The molecule has 0 spiro atoms. The highest BCUT2D eigenvalue weighted by atomic mass is 16.5. The zero-order chi connectivity index (χ0) is 10.4. The molecular formula is C10H15NO3. The van der Waals surface area contributed by atoms with E-state index in [-0.39, 0.29) is 19.8 Å². The topological polar surface area (TPSA) is 75.7 Å². The maximum atomic E-state index is 9.13. The first-order valence-corrected chi connectivity index (χ1v) is 4.47. The van der Waals surface area contributed by atoms with Gasteiger partial charge in [0.05, 0.1) is 6.61 Å². The van der Waals surface area contributed by atoms with E-state index in [1.165, 1.54) is 0 Å². The predicted molar refractivity (Wildman–Crippen MR) is 52.9 cm³/mol. The lowest BCUT2D eigenvalue weighted by atomic mass is 10.2. The van der Waals surface area contributed by atoms with Crippen LogP contribution in [0.2, 0.25) is 0 Å². The summed E-state index contributed by atoms with van der Waals surface area (Å²) in [5.41, 5.74) is 6.05. The van der Waals surface area contributed by atoms with Gasteiger partial charge in [0.2, 0.25) is 0 Å². The van der Waals surface area contributed by atoms with Gasteiger partial charge in [-0.2, -0.15) is 0 Å². The quantitative estimate of drug-likeness (QED) is 0.615. The molecule has 0 aliphatic rings. The van der Waals surface area contributed by atoms with Gasteiger partial charge in [0, 0.05) is 6.54 Å². The third-order valence-corrected chi connectivity index (χ3v) is 1.82. The molecule has 0 aromatic heterocycles. The summed E-state index contributed by atoms with van der Waals surface area (Å²) in [6, 6.07) is 7.03. The van der Waals surface area contributed by atoms with Crippen LogP contribution in [0.1, 0.15) is 5.56 Å². The van der Waals surface area contributed by atoms with Crippen molar-refractivity contribution in [1.82, 2.24) is 0 Å². The summed E-state index contributed by atoms with van der Waals surface area (Å²) in [7, 11) is 0. The van der Waals surface area contributed by atoms with Gasteiger partial charge in [-0.05, 0) is 17.7 Å². The molecule has 1 unspecified atom stereocenters. The van der Waals surface area contributed by atoms with E-state index in [1.807, 2.05) is 0 Å². The highest BCUT2D eigenvalue weighted by Crippen LogP contribution is 2.12. The van der Waals surface area contributed by atoms with Gasteiger partial charge in [-0.3, -0.25) is 0 Å². The number of nitrogens with two attached hydrogens (primary N) is 1. The van der Waals surface area contributed by atoms with E-state index in [0.29, 0.717) is 5.75 Å². The standard InChI is InChI=1S/C10H15NO3/c11-5-9(13)7-14-10-3-1-8(6-12)2-4-10/h1-4,9,12-13H,5-7,11H2. The molecule has 0 aliphatic carbocycles. The van der Waals surface area contributed by atoms with Gasteiger partial charge in [-0.1, -0.05) is 12.1 Å². The monoisotopic (exact) mass is 197 g/mol. The number of aliphatic hydroxyl groups is 2. The molecular weight excluding hydrogens is 182 g/mol. The first kappa shape index (κ1) is 11.0. The molecule has 0 saturated heterocycles. The number of aliphatic hydroxyl groups excluding tert-OH is 2. The number of hydrogen-bond acceptors (Lipinski definition) is 4. The molecule has 4 heteroatoms. The Morgan fingerprint density at radius 2 is 1.93 bits per heavy atom. The Hall–Kier alpha value is -1.10. The molecule has 0 radical (unpaired) electrons. The zero-order valence-electron chi connectivity index (χ0n) is 7.89. The average molecular weight is 197 g/mol. The molecule has 0 heterocycles. The van der Waals surface area contributed by atoms with E-state index in [2.05, 4.69) is 0 Å². The second kappa shape index (κ2) is 5.59. The Bertz CT molecular complexity index is 261. The summed E-state index contributed by atoms with van der Waals surface area (Å²) in [6.07, 6.45) is -0.632. The van der Waals surface area contributed by atoms with Gasteiger partial charge in [0.1, 0.15) is 18.5 Å². The first-order valence-electron chi connectivity index (χ1n) is 4.47. The largest absolute Gasteiger partial charge is 0.491 e. The van der Waals surface area contributed by atoms with Crippen molar-refractivity contribution >= 4 is 0 Å². The summed E-state index contributed by atoms with van der Waals surface area (Å²) in [6.45, 7) is 0.398. The third-order valence-electron chi connectivity index (χ3n) is 1.82. The van der Waals surface area contributed by atoms with Gasteiger partial charge < -0.3 is 20.7 Å². The molecule has 78 valence electrons. The lowest BCUT2D eigenvalue weighted by molar-refractivity contribution is 0.114. The predicted octanol–water partition coefficient (Wildman–Crippen LogP) is -0.123. The highest BCUT2D eigenvalue weighted by Gasteiger charge is 2.01. The Morgan fingerprint density at radius 3 is 2.43 bits per heavy atom. The van der Waals surface area contributed by atoms with Gasteiger partial charge in [0.25, 0.3) is 0 Å². The molecule has 4 nitrogen and oxygen atoms in total. The lowest BCUT2D eigenvalue weighted by Crippen LogP contribution is -2.26. The molecule has 0 fully saturated rings. The van der Waals surface area contributed by atoms with Crippen LogP contribution in [-0.4, -0.2) is 29.5 Å². The maximum Gasteiger partial charge on any atom is 0.119 e. The fourth-order valence-corrected chi connectivity index (χ4v) is 0.952. The van der Waals surface area contributed by atoms with Crippen molar-refractivity contribution in [2.75, 3.05) is 13.2 Å².